The molecule has 2 rings (SSSR count). The number of carbonyl (C=O) groups is 2. The van der Waals surface area contributed by atoms with Gasteiger partial charge in [-0.05, 0) is 12.1 Å². The van der Waals surface area contributed by atoms with Gasteiger partial charge in [0, 0.05) is 25.4 Å². The predicted molar refractivity (Wildman–Crippen MR) is 70.3 cm³/mol. The number of anilines is 1. The first-order chi connectivity index (χ1) is 9.54. The molecule has 0 bridgehead atoms. The summed E-state index contributed by atoms with van der Waals surface area (Å²) in [6, 6.07) is 2.39. The SMILES string of the molecule is Cn1cc(CNC(=O)Nc2ccc(C(=O)O)nc2)cn1. The summed E-state index contributed by atoms with van der Waals surface area (Å²) in [5.74, 6) is -1.11. The summed E-state index contributed by atoms with van der Waals surface area (Å²) < 4.78 is 1.64. The third-order valence-corrected chi connectivity index (χ3v) is 2.45. The minimum absolute atomic E-state index is 0.0775. The molecule has 2 aromatic heterocycles. The van der Waals surface area contributed by atoms with Gasteiger partial charge in [0.25, 0.3) is 0 Å². The number of aromatic carboxylic acids is 1. The Hall–Kier alpha value is -2.90. The van der Waals surface area contributed by atoms with Crippen molar-refractivity contribution in [3.05, 3.63) is 42.0 Å². The molecule has 0 fully saturated rings. The lowest BCUT2D eigenvalue weighted by Crippen LogP contribution is -2.28. The van der Waals surface area contributed by atoms with Crippen LogP contribution in [0, 0.1) is 0 Å². The molecule has 0 spiro atoms. The summed E-state index contributed by atoms with van der Waals surface area (Å²) >= 11 is 0. The highest BCUT2D eigenvalue weighted by Crippen LogP contribution is 2.06. The molecule has 20 heavy (non-hydrogen) atoms. The first-order valence-electron chi connectivity index (χ1n) is 5.76. The van der Waals surface area contributed by atoms with Crippen molar-refractivity contribution in [3.8, 4) is 0 Å². The Labute approximate surface area is 114 Å². The summed E-state index contributed by atoms with van der Waals surface area (Å²) in [6.07, 6.45) is 4.74. The molecule has 0 unspecified atom stereocenters. The van der Waals surface area contributed by atoms with Crippen molar-refractivity contribution in [3.63, 3.8) is 0 Å². The van der Waals surface area contributed by atoms with Crippen molar-refractivity contribution < 1.29 is 14.7 Å². The second-order valence-corrected chi connectivity index (χ2v) is 4.07. The zero-order valence-electron chi connectivity index (χ0n) is 10.7. The van der Waals surface area contributed by atoms with Crippen LogP contribution < -0.4 is 10.6 Å². The second-order valence-electron chi connectivity index (χ2n) is 4.07. The Bertz CT molecular complexity index is 620. The maximum absolute atomic E-state index is 11.6. The number of aromatic nitrogens is 3. The fourth-order valence-electron chi connectivity index (χ4n) is 1.52. The highest BCUT2D eigenvalue weighted by Gasteiger charge is 2.06. The van der Waals surface area contributed by atoms with Crippen LogP contribution in [0.1, 0.15) is 16.1 Å². The number of urea groups is 1. The van der Waals surface area contributed by atoms with E-state index in [1.165, 1.54) is 18.3 Å². The number of amides is 2. The van der Waals surface area contributed by atoms with Gasteiger partial charge in [-0.2, -0.15) is 5.10 Å². The van der Waals surface area contributed by atoms with Crippen LogP contribution in [0.15, 0.2) is 30.7 Å². The van der Waals surface area contributed by atoms with Crippen LogP contribution in [0.3, 0.4) is 0 Å². The molecule has 0 radical (unpaired) electrons. The molecule has 2 aromatic rings. The van der Waals surface area contributed by atoms with E-state index >= 15 is 0 Å². The molecule has 8 nitrogen and oxygen atoms in total. The lowest BCUT2D eigenvalue weighted by Gasteiger charge is -2.06. The highest BCUT2D eigenvalue weighted by molar-refractivity contribution is 5.90. The molecule has 8 heteroatoms. The summed E-state index contributed by atoms with van der Waals surface area (Å²) in [7, 11) is 1.79. The van der Waals surface area contributed by atoms with Crippen molar-refractivity contribution >= 4 is 17.7 Å². The maximum Gasteiger partial charge on any atom is 0.354 e. The van der Waals surface area contributed by atoms with E-state index in [0.717, 1.165) is 5.56 Å². The lowest BCUT2D eigenvalue weighted by molar-refractivity contribution is 0.0690. The number of nitrogens with one attached hydrogen (secondary N) is 2. The van der Waals surface area contributed by atoms with E-state index < -0.39 is 12.0 Å². The molecular formula is C12H13N5O3. The minimum atomic E-state index is -1.11. The van der Waals surface area contributed by atoms with E-state index in [0.29, 0.717) is 12.2 Å². The number of carboxylic acid groups (broad SMARTS) is 1. The van der Waals surface area contributed by atoms with Crippen molar-refractivity contribution in [2.75, 3.05) is 5.32 Å². The Kier molecular flexibility index (Phi) is 3.94. The average molecular weight is 275 g/mol. The third kappa shape index (κ3) is 3.55. The molecule has 2 amide bonds. The highest BCUT2D eigenvalue weighted by atomic mass is 16.4. The number of aryl methyl sites for hydroxylation is 1. The molecule has 0 aliphatic rings. The first-order valence-corrected chi connectivity index (χ1v) is 5.76. The van der Waals surface area contributed by atoms with E-state index in [9.17, 15) is 9.59 Å². The van der Waals surface area contributed by atoms with Crippen molar-refractivity contribution in [1.82, 2.24) is 20.1 Å². The smallest absolute Gasteiger partial charge is 0.354 e. The standard InChI is InChI=1S/C12H13N5O3/c1-17-7-8(5-15-17)4-14-12(20)16-9-2-3-10(11(18)19)13-6-9/h2-3,5-7H,4H2,1H3,(H,18,19)(H2,14,16,20). The van der Waals surface area contributed by atoms with Crippen molar-refractivity contribution in [2.24, 2.45) is 7.05 Å². The molecule has 3 N–H and O–H groups in total. The second kappa shape index (κ2) is 5.83. The zero-order valence-corrected chi connectivity index (χ0v) is 10.7. The Morgan fingerprint density at radius 3 is 2.70 bits per heavy atom. The number of nitrogens with zero attached hydrogens (tertiary/aromatic N) is 3. The van der Waals surface area contributed by atoms with Crippen molar-refractivity contribution in [1.29, 1.82) is 0 Å². The number of hydrogen-bond donors (Lipinski definition) is 3. The molecule has 0 aliphatic heterocycles. The van der Waals surface area contributed by atoms with E-state index in [4.69, 9.17) is 5.11 Å². The molecule has 0 aromatic carbocycles. The molecule has 0 atom stereocenters. The van der Waals surface area contributed by atoms with Crippen LogP contribution in [0.25, 0.3) is 0 Å². The third-order valence-electron chi connectivity index (χ3n) is 2.45. The Morgan fingerprint density at radius 1 is 1.35 bits per heavy atom. The van der Waals surface area contributed by atoms with Gasteiger partial charge < -0.3 is 15.7 Å². The quantitative estimate of drug-likeness (QED) is 0.765. The molecule has 0 saturated carbocycles. The minimum Gasteiger partial charge on any atom is -0.477 e. The van der Waals surface area contributed by atoms with Gasteiger partial charge in [-0.15, -0.1) is 0 Å². The average Bonchev–Trinajstić information content (AvgIpc) is 2.83. The Morgan fingerprint density at radius 2 is 2.15 bits per heavy atom. The van der Waals surface area contributed by atoms with E-state index in [-0.39, 0.29) is 5.69 Å². The monoisotopic (exact) mass is 275 g/mol. The van der Waals surface area contributed by atoms with Gasteiger partial charge in [-0.1, -0.05) is 0 Å². The molecule has 2 heterocycles. The largest absolute Gasteiger partial charge is 0.477 e. The predicted octanol–water partition coefficient (Wildman–Crippen LogP) is 0.835. The zero-order chi connectivity index (χ0) is 14.5. The number of pyridine rings is 1. The van der Waals surface area contributed by atoms with Crippen LogP contribution in [-0.4, -0.2) is 31.9 Å². The van der Waals surface area contributed by atoms with E-state index in [2.05, 4.69) is 20.7 Å². The number of rotatable bonds is 4. The maximum atomic E-state index is 11.6. The summed E-state index contributed by atoms with van der Waals surface area (Å²) in [6.45, 7) is 0.348. The van der Waals surface area contributed by atoms with Gasteiger partial charge in [0.1, 0.15) is 5.69 Å². The normalized spacial score (nSPS) is 10.1. The summed E-state index contributed by atoms with van der Waals surface area (Å²) in [5, 5.41) is 17.9. The van der Waals surface area contributed by atoms with Gasteiger partial charge >= 0.3 is 12.0 Å². The van der Waals surface area contributed by atoms with Gasteiger partial charge in [0.05, 0.1) is 18.1 Å². The Balaban J connectivity index is 1.86. The number of carbonyl (C=O) groups excluding carboxylic acids is 1. The van der Waals surface area contributed by atoms with Crippen LogP contribution in [0.4, 0.5) is 10.5 Å². The summed E-state index contributed by atoms with van der Waals surface area (Å²) in [5.41, 5.74) is 1.21. The van der Waals surface area contributed by atoms with Crippen LogP contribution in [0.2, 0.25) is 0 Å². The molecule has 104 valence electrons. The van der Waals surface area contributed by atoms with Gasteiger partial charge in [-0.25, -0.2) is 14.6 Å². The molecule has 0 saturated heterocycles. The number of carboxylic acids is 1. The molecular weight excluding hydrogens is 262 g/mol. The van der Waals surface area contributed by atoms with Crippen LogP contribution in [0.5, 0.6) is 0 Å². The fraction of sp³-hybridized carbons (Fsp3) is 0.167. The van der Waals surface area contributed by atoms with Gasteiger partial charge in [0.2, 0.25) is 0 Å². The van der Waals surface area contributed by atoms with Gasteiger partial charge in [0.15, 0.2) is 0 Å². The fourth-order valence-corrected chi connectivity index (χ4v) is 1.52. The lowest BCUT2D eigenvalue weighted by atomic mass is 10.3. The van der Waals surface area contributed by atoms with E-state index in [1.807, 2.05) is 0 Å². The first kappa shape index (κ1) is 13.5. The molecule has 0 aliphatic carbocycles. The summed E-state index contributed by atoms with van der Waals surface area (Å²) in [4.78, 5) is 25.9. The number of hydrogen-bond acceptors (Lipinski definition) is 4. The van der Waals surface area contributed by atoms with Crippen LogP contribution in [-0.2, 0) is 13.6 Å². The topological polar surface area (TPSA) is 109 Å². The van der Waals surface area contributed by atoms with Gasteiger partial charge in [-0.3, -0.25) is 4.68 Å². The van der Waals surface area contributed by atoms with E-state index in [1.54, 1.807) is 24.1 Å². The van der Waals surface area contributed by atoms with Crippen molar-refractivity contribution in [2.45, 2.75) is 6.54 Å². The van der Waals surface area contributed by atoms with Crippen LogP contribution >= 0.6 is 0 Å².